The molecule has 0 saturated carbocycles. The van der Waals surface area contributed by atoms with Crippen LogP contribution in [0, 0.1) is 11.3 Å². The quantitative estimate of drug-likeness (QED) is 0.473. The molecule has 0 saturated heterocycles. The molecule has 0 spiro atoms. The SMILES string of the molecule is C/C=C(C)\C=C/C(=N)C(C)C. The number of allylic oxidation sites excluding steroid dienone is 4. The molecule has 0 unspecified atom stereocenters. The molecule has 0 amide bonds. The topological polar surface area (TPSA) is 23.9 Å². The molecular formula is C10H17N. The number of rotatable bonds is 3. The minimum absolute atomic E-state index is 0.330. The van der Waals surface area contributed by atoms with Crippen molar-refractivity contribution in [2.75, 3.05) is 0 Å². The average molecular weight is 151 g/mol. The fourth-order valence-corrected chi connectivity index (χ4v) is 0.510. The Balaban J connectivity index is 4.04. The van der Waals surface area contributed by atoms with Crippen molar-refractivity contribution in [2.45, 2.75) is 27.7 Å². The number of nitrogens with one attached hydrogen (secondary N) is 1. The fraction of sp³-hybridized carbons (Fsp3) is 0.500. The Morgan fingerprint density at radius 1 is 1.27 bits per heavy atom. The molecule has 1 heteroatoms. The summed E-state index contributed by atoms with van der Waals surface area (Å²) in [7, 11) is 0. The van der Waals surface area contributed by atoms with Gasteiger partial charge in [0.1, 0.15) is 0 Å². The van der Waals surface area contributed by atoms with Crippen molar-refractivity contribution in [3.05, 3.63) is 23.8 Å². The van der Waals surface area contributed by atoms with E-state index in [1.54, 1.807) is 0 Å². The van der Waals surface area contributed by atoms with Gasteiger partial charge >= 0.3 is 0 Å². The van der Waals surface area contributed by atoms with Gasteiger partial charge < -0.3 is 5.41 Å². The predicted octanol–water partition coefficient (Wildman–Crippen LogP) is 3.18. The summed E-state index contributed by atoms with van der Waals surface area (Å²) in [5.74, 6) is 0.330. The summed E-state index contributed by atoms with van der Waals surface area (Å²) in [5.41, 5.74) is 1.89. The molecule has 1 N–H and O–H groups in total. The van der Waals surface area contributed by atoms with E-state index < -0.39 is 0 Å². The van der Waals surface area contributed by atoms with Gasteiger partial charge in [-0.2, -0.15) is 0 Å². The summed E-state index contributed by atoms with van der Waals surface area (Å²) in [6.45, 7) is 8.08. The Kier molecular flexibility index (Phi) is 4.51. The zero-order valence-corrected chi connectivity index (χ0v) is 7.81. The van der Waals surface area contributed by atoms with Crippen LogP contribution in [0.5, 0.6) is 0 Å². The Morgan fingerprint density at radius 2 is 1.82 bits per heavy atom. The maximum atomic E-state index is 7.50. The lowest BCUT2D eigenvalue weighted by Gasteiger charge is -1.99. The lowest BCUT2D eigenvalue weighted by Crippen LogP contribution is -2.00. The monoisotopic (exact) mass is 151 g/mol. The number of hydrogen-bond acceptors (Lipinski definition) is 1. The minimum atomic E-state index is 0.330. The van der Waals surface area contributed by atoms with E-state index in [0.29, 0.717) is 11.6 Å². The highest BCUT2D eigenvalue weighted by atomic mass is 14.4. The minimum Gasteiger partial charge on any atom is -0.305 e. The molecule has 1 nitrogen and oxygen atoms in total. The van der Waals surface area contributed by atoms with Crippen LogP contribution < -0.4 is 0 Å². The van der Waals surface area contributed by atoms with Gasteiger partial charge in [0.15, 0.2) is 0 Å². The first-order valence-corrected chi connectivity index (χ1v) is 3.97. The van der Waals surface area contributed by atoms with Crippen LogP contribution in [0.4, 0.5) is 0 Å². The summed E-state index contributed by atoms with van der Waals surface area (Å²) in [5, 5.41) is 7.50. The first-order valence-electron chi connectivity index (χ1n) is 3.97. The zero-order valence-electron chi connectivity index (χ0n) is 7.81. The Bertz CT molecular complexity index is 185. The third-order valence-electron chi connectivity index (χ3n) is 1.60. The van der Waals surface area contributed by atoms with Gasteiger partial charge in [-0.3, -0.25) is 0 Å². The smallest absolute Gasteiger partial charge is 0.0339 e. The third-order valence-corrected chi connectivity index (χ3v) is 1.60. The molecule has 0 bridgehead atoms. The predicted molar refractivity (Wildman–Crippen MR) is 51.1 cm³/mol. The van der Waals surface area contributed by atoms with Crippen molar-refractivity contribution in [2.24, 2.45) is 5.92 Å². The Hall–Kier alpha value is -0.850. The van der Waals surface area contributed by atoms with Crippen molar-refractivity contribution in [1.29, 1.82) is 5.41 Å². The van der Waals surface area contributed by atoms with Gasteiger partial charge in [0.05, 0.1) is 0 Å². The molecule has 0 radical (unpaired) electrons. The van der Waals surface area contributed by atoms with E-state index in [1.807, 2.05) is 45.9 Å². The van der Waals surface area contributed by atoms with Crippen LogP contribution in [0.3, 0.4) is 0 Å². The summed E-state index contributed by atoms with van der Waals surface area (Å²) >= 11 is 0. The van der Waals surface area contributed by atoms with Crippen LogP contribution in [0.1, 0.15) is 27.7 Å². The van der Waals surface area contributed by atoms with Crippen molar-refractivity contribution >= 4 is 5.71 Å². The van der Waals surface area contributed by atoms with Gasteiger partial charge in [0.2, 0.25) is 0 Å². The van der Waals surface area contributed by atoms with Crippen LogP contribution >= 0.6 is 0 Å². The second-order valence-corrected chi connectivity index (χ2v) is 2.98. The lowest BCUT2D eigenvalue weighted by molar-refractivity contribution is 0.882. The lowest BCUT2D eigenvalue weighted by atomic mass is 10.1. The summed E-state index contributed by atoms with van der Waals surface area (Å²) < 4.78 is 0. The van der Waals surface area contributed by atoms with Gasteiger partial charge in [-0.15, -0.1) is 0 Å². The highest BCUT2D eigenvalue weighted by Crippen LogP contribution is 1.99. The van der Waals surface area contributed by atoms with Crippen LogP contribution in [0.15, 0.2) is 23.8 Å². The summed E-state index contributed by atoms with van der Waals surface area (Å²) in [4.78, 5) is 0. The molecule has 0 aliphatic rings. The van der Waals surface area contributed by atoms with Gasteiger partial charge in [0.25, 0.3) is 0 Å². The average Bonchev–Trinajstić information content (AvgIpc) is 1.99. The fourth-order valence-electron chi connectivity index (χ4n) is 0.510. The van der Waals surface area contributed by atoms with Crippen LogP contribution in [0.25, 0.3) is 0 Å². The zero-order chi connectivity index (χ0) is 8.85. The van der Waals surface area contributed by atoms with E-state index in [1.165, 1.54) is 5.57 Å². The van der Waals surface area contributed by atoms with Gasteiger partial charge in [-0.05, 0) is 25.8 Å². The van der Waals surface area contributed by atoms with E-state index in [2.05, 4.69) is 0 Å². The maximum Gasteiger partial charge on any atom is 0.0339 e. The molecule has 0 fully saturated rings. The van der Waals surface area contributed by atoms with Crippen LogP contribution in [0.2, 0.25) is 0 Å². The maximum absolute atomic E-state index is 7.50. The molecule has 0 aromatic heterocycles. The van der Waals surface area contributed by atoms with E-state index in [-0.39, 0.29) is 0 Å². The molecular weight excluding hydrogens is 134 g/mol. The Labute approximate surface area is 69.3 Å². The molecule has 0 aliphatic heterocycles. The second-order valence-electron chi connectivity index (χ2n) is 2.98. The third kappa shape index (κ3) is 4.54. The molecule has 0 aromatic rings. The van der Waals surface area contributed by atoms with Crippen molar-refractivity contribution in [3.8, 4) is 0 Å². The molecule has 62 valence electrons. The second kappa shape index (κ2) is 4.89. The van der Waals surface area contributed by atoms with E-state index >= 15 is 0 Å². The standard InChI is InChI=1S/C10H17N/c1-5-9(4)6-7-10(11)8(2)3/h5-8,11H,1-4H3/b7-6-,9-5-,11-10?. The van der Waals surface area contributed by atoms with E-state index in [0.717, 1.165) is 0 Å². The molecule has 0 aromatic carbocycles. The normalized spacial score (nSPS) is 13.0. The van der Waals surface area contributed by atoms with Crippen LogP contribution in [-0.4, -0.2) is 5.71 Å². The first kappa shape index (κ1) is 10.2. The van der Waals surface area contributed by atoms with Crippen LogP contribution in [-0.2, 0) is 0 Å². The van der Waals surface area contributed by atoms with Gasteiger partial charge in [0, 0.05) is 5.71 Å². The molecule has 0 aliphatic carbocycles. The van der Waals surface area contributed by atoms with Crippen molar-refractivity contribution in [3.63, 3.8) is 0 Å². The van der Waals surface area contributed by atoms with E-state index in [4.69, 9.17) is 5.41 Å². The summed E-state index contributed by atoms with van der Waals surface area (Å²) in [6.07, 6.45) is 5.87. The number of hydrogen-bond donors (Lipinski definition) is 1. The largest absolute Gasteiger partial charge is 0.305 e. The van der Waals surface area contributed by atoms with Gasteiger partial charge in [-0.25, -0.2) is 0 Å². The highest BCUT2D eigenvalue weighted by Gasteiger charge is 1.95. The molecule has 0 rings (SSSR count). The van der Waals surface area contributed by atoms with Crippen molar-refractivity contribution < 1.29 is 0 Å². The first-order chi connectivity index (χ1) is 5.07. The molecule has 0 atom stereocenters. The summed E-state index contributed by atoms with van der Waals surface area (Å²) in [6, 6.07) is 0. The Morgan fingerprint density at radius 3 is 2.18 bits per heavy atom. The van der Waals surface area contributed by atoms with Gasteiger partial charge in [-0.1, -0.05) is 31.6 Å². The van der Waals surface area contributed by atoms with Crippen molar-refractivity contribution in [1.82, 2.24) is 0 Å². The molecule has 0 heterocycles. The molecule has 11 heavy (non-hydrogen) atoms. The van der Waals surface area contributed by atoms with E-state index in [9.17, 15) is 0 Å². The highest BCUT2D eigenvalue weighted by molar-refractivity contribution is 5.94.